The molecule has 3 heterocycles. The van der Waals surface area contributed by atoms with Crippen molar-refractivity contribution in [2.75, 3.05) is 6.54 Å². The van der Waals surface area contributed by atoms with Gasteiger partial charge in [-0.25, -0.2) is 19.7 Å². The summed E-state index contributed by atoms with van der Waals surface area (Å²) >= 11 is 0. The molecule has 8 heteroatoms. The van der Waals surface area contributed by atoms with Crippen molar-refractivity contribution in [2.24, 2.45) is 0 Å². The number of aromatic nitrogens is 5. The van der Waals surface area contributed by atoms with Crippen LogP contribution in [-0.4, -0.2) is 47.9 Å². The van der Waals surface area contributed by atoms with E-state index in [0.717, 1.165) is 12.8 Å². The van der Waals surface area contributed by atoms with Gasteiger partial charge in [-0.15, -0.1) is 0 Å². The lowest BCUT2D eigenvalue weighted by Gasteiger charge is -2.28. The monoisotopic (exact) mass is 316 g/mol. The van der Waals surface area contributed by atoms with Gasteiger partial charge >= 0.3 is 6.09 Å². The molecule has 0 aliphatic carbocycles. The van der Waals surface area contributed by atoms with Gasteiger partial charge in [0.15, 0.2) is 5.82 Å². The van der Waals surface area contributed by atoms with Gasteiger partial charge in [-0.2, -0.15) is 9.78 Å². The van der Waals surface area contributed by atoms with Crippen molar-refractivity contribution < 1.29 is 9.53 Å². The van der Waals surface area contributed by atoms with Gasteiger partial charge in [0, 0.05) is 18.9 Å². The van der Waals surface area contributed by atoms with E-state index in [9.17, 15) is 4.79 Å². The van der Waals surface area contributed by atoms with Crippen molar-refractivity contribution in [2.45, 2.75) is 45.3 Å². The van der Waals surface area contributed by atoms with Gasteiger partial charge < -0.3 is 4.74 Å². The minimum absolute atomic E-state index is 0.184. The standard InChI is InChI=1S/C15H20N6O2/c1-15(2,3)23-14(22)20-9-4-6-11(20)12-18-10-19-21(12)13-16-7-5-8-17-13/h5,7-8,10-11H,4,6,9H2,1-3H3/t11-/m1/s1. The summed E-state index contributed by atoms with van der Waals surface area (Å²) in [7, 11) is 0. The third-order valence-corrected chi connectivity index (χ3v) is 3.49. The van der Waals surface area contributed by atoms with Crippen molar-refractivity contribution in [3.05, 3.63) is 30.6 Å². The molecule has 23 heavy (non-hydrogen) atoms. The highest BCUT2D eigenvalue weighted by Gasteiger charge is 2.36. The minimum atomic E-state index is -0.527. The molecule has 0 unspecified atom stereocenters. The fourth-order valence-electron chi connectivity index (χ4n) is 2.61. The number of carbonyl (C=O) groups excluding carboxylic acids is 1. The molecule has 1 aliphatic heterocycles. The highest BCUT2D eigenvalue weighted by molar-refractivity contribution is 5.69. The molecule has 1 atom stereocenters. The normalized spacial score (nSPS) is 18.2. The van der Waals surface area contributed by atoms with E-state index in [1.165, 1.54) is 6.33 Å². The Morgan fingerprint density at radius 1 is 1.26 bits per heavy atom. The Morgan fingerprint density at radius 2 is 2.00 bits per heavy atom. The maximum Gasteiger partial charge on any atom is 0.410 e. The highest BCUT2D eigenvalue weighted by Crippen LogP contribution is 2.32. The number of likely N-dealkylation sites (tertiary alicyclic amines) is 1. The first-order chi connectivity index (χ1) is 11.0. The molecule has 8 nitrogen and oxygen atoms in total. The zero-order chi connectivity index (χ0) is 16.4. The molecule has 1 amide bonds. The van der Waals surface area contributed by atoms with Crippen LogP contribution in [0.4, 0.5) is 4.79 Å². The van der Waals surface area contributed by atoms with Crippen LogP contribution >= 0.6 is 0 Å². The maximum absolute atomic E-state index is 12.4. The molecule has 1 aliphatic rings. The molecule has 0 bridgehead atoms. The molecule has 1 saturated heterocycles. The quantitative estimate of drug-likeness (QED) is 0.843. The first-order valence-corrected chi connectivity index (χ1v) is 7.62. The van der Waals surface area contributed by atoms with Crippen molar-refractivity contribution in [1.82, 2.24) is 29.6 Å². The van der Waals surface area contributed by atoms with Crippen molar-refractivity contribution >= 4 is 6.09 Å². The average Bonchev–Trinajstić information content (AvgIpc) is 3.15. The Kier molecular flexibility index (Phi) is 3.97. The Balaban J connectivity index is 1.87. The Bertz CT molecular complexity index is 679. The zero-order valence-electron chi connectivity index (χ0n) is 13.5. The summed E-state index contributed by atoms with van der Waals surface area (Å²) in [5.74, 6) is 1.09. The summed E-state index contributed by atoms with van der Waals surface area (Å²) in [6, 6.07) is 1.55. The van der Waals surface area contributed by atoms with Crippen LogP contribution in [0.1, 0.15) is 45.5 Å². The molecule has 0 spiro atoms. The van der Waals surface area contributed by atoms with Crippen molar-refractivity contribution in [1.29, 1.82) is 0 Å². The lowest BCUT2D eigenvalue weighted by atomic mass is 10.2. The second-order valence-electron chi connectivity index (χ2n) is 6.41. The Labute approximate surface area is 134 Å². The maximum atomic E-state index is 12.4. The molecule has 0 aromatic carbocycles. The van der Waals surface area contributed by atoms with E-state index in [1.807, 2.05) is 20.8 Å². The van der Waals surface area contributed by atoms with Crippen LogP contribution in [0, 0.1) is 0 Å². The SMILES string of the molecule is CC(C)(C)OC(=O)N1CCC[C@@H]1c1ncnn1-c1ncccn1. The Morgan fingerprint density at radius 3 is 2.70 bits per heavy atom. The predicted molar refractivity (Wildman–Crippen MR) is 81.9 cm³/mol. The lowest BCUT2D eigenvalue weighted by molar-refractivity contribution is 0.0216. The van der Waals surface area contributed by atoms with E-state index >= 15 is 0 Å². The van der Waals surface area contributed by atoms with E-state index in [4.69, 9.17) is 4.74 Å². The van der Waals surface area contributed by atoms with Gasteiger partial charge in [0.05, 0.1) is 6.04 Å². The number of hydrogen-bond acceptors (Lipinski definition) is 6. The van der Waals surface area contributed by atoms with Crippen molar-refractivity contribution in [3.63, 3.8) is 0 Å². The summed E-state index contributed by atoms with van der Waals surface area (Å²) in [6.45, 7) is 6.21. The lowest BCUT2D eigenvalue weighted by Crippen LogP contribution is -2.37. The summed E-state index contributed by atoms with van der Waals surface area (Å²) < 4.78 is 7.07. The van der Waals surface area contributed by atoms with E-state index in [0.29, 0.717) is 18.3 Å². The van der Waals surface area contributed by atoms with Gasteiger partial charge in [-0.3, -0.25) is 4.90 Å². The van der Waals surface area contributed by atoms with Crippen molar-refractivity contribution in [3.8, 4) is 5.95 Å². The number of carbonyl (C=O) groups is 1. The van der Waals surface area contributed by atoms with E-state index in [1.54, 1.807) is 28.0 Å². The van der Waals surface area contributed by atoms with Gasteiger partial charge in [0.1, 0.15) is 11.9 Å². The third-order valence-electron chi connectivity index (χ3n) is 3.49. The zero-order valence-corrected chi connectivity index (χ0v) is 13.5. The topological polar surface area (TPSA) is 86.0 Å². The highest BCUT2D eigenvalue weighted by atomic mass is 16.6. The summed E-state index contributed by atoms with van der Waals surface area (Å²) in [6.07, 6.45) is 6.12. The molecule has 2 aromatic rings. The predicted octanol–water partition coefficient (Wildman–Crippen LogP) is 2.13. The molecule has 0 radical (unpaired) electrons. The van der Waals surface area contributed by atoms with E-state index in [2.05, 4.69) is 20.1 Å². The number of rotatable bonds is 2. The molecular formula is C15H20N6O2. The van der Waals surface area contributed by atoms with E-state index < -0.39 is 5.60 Å². The average molecular weight is 316 g/mol. The molecule has 0 saturated carbocycles. The number of hydrogen-bond donors (Lipinski definition) is 0. The number of amides is 1. The van der Waals surface area contributed by atoms with Crippen LogP contribution in [-0.2, 0) is 4.74 Å². The fraction of sp³-hybridized carbons (Fsp3) is 0.533. The van der Waals surface area contributed by atoms with Gasteiger partial charge in [0.25, 0.3) is 5.95 Å². The molecule has 122 valence electrons. The first-order valence-electron chi connectivity index (χ1n) is 7.62. The number of nitrogens with zero attached hydrogens (tertiary/aromatic N) is 6. The third kappa shape index (κ3) is 3.30. The fourth-order valence-corrected chi connectivity index (χ4v) is 2.61. The second-order valence-corrected chi connectivity index (χ2v) is 6.41. The summed E-state index contributed by atoms with van der Waals surface area (Å²) in [5, 5.41) is 4.20. The van der Waals surface area contributed by atoms with Crippen LogP contribution in [0.5, 0.6) is 0 Å². The second kappa shape index (κ2) is 5.94. The first kappa shape index (κ1) is 15.4. The van der Waals surface area contributed by atoms with Crippen LogP contribution in [0.2, 0.25) is 0 Å². The van der Waals surface area contributed by atoms with E-state index in [-0.39, 0.29) is 12.1 Å². The molecule has 3 rings (SSSR count). The van der Waals surface area contributed by atoms with Gasteiger partial charge in [-0.1, -0.05) is 0 Å². The molecule has 1 fully saturated rings. The van der Waals surface area contributed by atoms with Gasteiger partial charge in [0.2, 0.25) is 0 Å². The van der Waals surface area contributed by atoms with Crippen LogP contribution < -0.4 is 0 Å². The minimum Gasteiger partial charge on any atom is -0.444 e. The summed E-state index contributed by atoms with van der Waals surface area (Å²) in [4.78, 5) is 26.9. The Hall–Kier alpha value is -2.51. The largest absolute Gasteiger partial charge is 0.444 e. The number of ether oxygens (including phenoxy) is 1. The van der Waals surface area contributed by atoms with Gasteiger partial charge in [-0.05, 0) is 39.7 Å². The van der Waals surface area contributed by atoms with Crippen LogP contribution in [0.3, 0.4) is 0 Å². The van der Waals surface area contributed by atoms with Crippen LogP contribution in [0.15, 0.2) is 24.8 Å². The molecule has 0 N–H and O–H groups in total. The summed E-state index contributed by atoms with van der Waals surface area (Å²) in [5.41, 5.74) is -0.527. The molecule has 2 aromatic heterocycles. The molecular weight excluding hydrogens is 296 g/mol. The van der Waals surface area contributed by atoms with Crippen LogP contribution in [0.25, 0.3) is 5.95 Å². The smallest absolute Gasteiger partial charge is 0.410 e.